The van der Waals surface area contributed by atoms with Crippen LogP contribution in [0.3, 0.4) is 0 Å². The molecule has 0 fully saturated rings. The van der Waals surface area contributed by atoms with Crippen LogP contribution in [0, 0.1) is 0 Å². The van der Waals surface area contributed by atoms with Crippen molar-refractivity contribution < 1.29 is 14.3 Å². The average molecular weight is 326 g/mol. The number of amides is 1. The fraction of sp³-hybridized carbons (Fsp3) is 0.0667. The van der Waals surface area contributed by atoms with Crippen molar-refractivity contribution in [1.29, 1.82) is 0 Å². The molecule has 0 spiro atoms. The molecular formula is C15H10N4O3S. The van der Waals surface area contributed by atoms with Crippen LogP contribution in [0.15, 0.2) is 42.7 Å². The minimum absolute atomic E-state index is 0.173. The van der Waals surface area contributed by atoms with Gasteiger partial charge in [-0.3, -0.25) is 15.1 Å². The normalized spacial score (nSPS) is 12.2. The highest BCUT2D eigenvalue weighted by Gasteiger charge is 2.17. The summed E-state index contributed by atoms with van der Waals surface area (Å²) in [6.45, 7) is 0.173. The molecule has 0 atom stereocenters. The van der Waals surface area contributed by atoms with E-state index in [2.05, 4.69) is 20.5 Å². The molecule has 3 heterocycles. The van der Waals surface area contributed by atoms with Gasteiger partial charge in [-0.05, 0) is 30.3 Å². The number of anilines is 1. The largest absolute Gasteiger partial charge is 0.454 e. The number of benzene rings is 1. The molecule has 1 aliphatic heterocycles. The third-order valence-corrected chi connectivity index (χ3v) is 4.10. The van der Waals surface area contributed by atoms with Gasteiger partial charge in [0.15, 0.2) is 11.5 Å². The van der Waals surface area contributed by atoms with Crippen LogP contribution in [0.1, 0.15) is 10.4 Å². The zero-order valence-electron chi connectivity index (χ0n) is 11.7. The van der Waals surface area contributed by atoms with Crippen LogP contribution in [0.4, 0.5) is 5.13 Å². The second kappa shape index (κ2) is 5.65. The zero-order chi connectivity index (χ0) is 15.6. The van der Waals surface area contributed by atoms with Gasteiger partial charge in [0.1, 0.15) is 5.01 Å². The van der Waals surface area contributed by atoms with Crippen LogP contribution < -0.4 is 14.8 Å². The van der Waals surface area contributed by atoms with Crippen LogP contribution in [0.5, 0.6) is 11.5 Å². The Morgan fingerprint density at radius 1 is 1.09 bits per heavy atom. The van der Waals surface area contributed by atoms with Gasteiger partial charge in [0.05, 0.1) is 0 Å². The van der Waals surface area contributed by atoms with Gasteiger partial charge < -0.3 is 9.47 Å². The molecule has 0 aliphatic carbocycles. The smallest absolute Gasteiger partial charge is 0.257 e. The molecule has 1 aromatic carbocycles. The number of aromatic nitrogens is 3. The maximum atomic E-state index is 12.3. The third kappa shape index (κ3) is 2.71. The van der Waals surface area contributed by atoms with Crippen molar-refractivity contribution in [3.05, 3.63) is 48.3 Å². The van der Waals surface area contributed by atoms with E-state index in [0.29, 0.717) is 27.2 Å². The number of ether oxygens (including phenoxy) is 2. The van der Waals surface area contributed by atoms with Crippen molar-refractivity contribution in [2.75, 3.05) is 12.1 Å². The highest BCUT2D eigenvalue weighted by atomic mass is 32.1. The second-order valence-electron chi connectivity index (χ2n) is 4.67. The van der Waals surface area contributed by atoms with Crippen LogP contribution in [0.2, 0.25) is 0 Å². The van der Waals surface area contributed by atoms with Crippen molar-refractivity contribution >= 4 is 22.4 Å². The van der Waals surface area contributed by atoms with Crippen LogP contribution in [-0.2, 0) is 0 Å². The summed E-state index contributed by atoms with van der Waals surface area (Å²) in [5.74, 6) is 0.922. The van der Waals surface area contributed by atoms with E-state index in [1.54, 1.807) is 30.6 Å². The molecule has 4 rings (SSSR count). The molecule has 0 unspecified atom stereocenters. The van der Waals surface area contributed by atoms with Gasteiger partial charge in [-0.15, -0.1) is 10.2 Å². The maximum absolute atomic E-state index is 12.3. The topological polar surface area (TPSA) is 86.2 Å². The maximum Gasteiger partial charge on any atom is 0.257 e. The van der Waals surface area contributed by atoms with E-state index in [4.69, 9.17) is 9.47 Å². The Kier molecular flexibility index (Phi) is 3.35. The summed E-state index contributed by atoms with van der Waals surface area (Å²) >= 11 is 1.30. The number of hydrogen-bond donors (Lipinski definition) is 1. The van der Waals surface area contributed by atoms with Crippen molar-refractivity contribution in [2.45, 2.75) is 0 Å². The first-order chi connectivity index (χ1) is 11.3. The Labute approximate surface area is 134 Å². The lowest BCUT2D eigenvalue weighted by atomic mass is 10.2. The monoisotopic (exact) mass is 326 g/mol. The molecule has 2 aromatic heterocycles. The van der Waals surface area contributed by atoms with Crippen LogP contribution in [0.25, 0.3) is 10.6 Å². The Morgan fingerprint density at radius 3 is 2.78 bits per heavy atom. The summed E-state index contributed by atoms with van der Waals surface area (Å²) in [7, 11) is 0. The lowest BCUT2D eigenvalue weighted by molar-refractivity contribution is 0.102. The van der Waals surface area contributed by atoms with Crippen molar-refractivity contribution in [3.63, 3.8) is 0 Å². The fourth-order valence-electron chi connectivity index (χ4n) is 2.09. The highest BCUT2D eigenvalue weighted by Crippen LogP contribution is 2.33. The van der Waals surface area contributed by atoms with Gasteiger partial charge in [0, 0.05) is 23.5 Å². The SMILES string of the molecule is O=C(Nc1nnc(-c2ccncc2)s1)c1ccc2c(c1)OCO2. The van der Waals surface area contributed by atoms with E-state index in [9.17, 15) is 4.79 Å². The number of hydrogen-bond acceptors (Lipinski definition) is 7. The van der Waals surface area contributed by atoms with Gasteiger partial charge in [0.2, 0.25) is 11.9 Å². The summed E-state index contributed by atoms with van der Waals surface area (Å²) in [5, 5.41) is 11.9. The summed E-state index contributed by atoms with van der Waals surface area (Å²) in [4.78, 5) is 16.2. The van der Waals surface area contributed by atoms with E-state index in [1.807, 2.05) is 12.1 Å². The minimum Gasteiger partial charge on any atom is -0.454 e. The number of nitrogens with one attached hydrogen (secondary N) is 1. The van der Waals surface area contributed by atoms with Gasteiger partial charge in [0.25, 0.3) is 5.91 Å². The summed E-state index contributed by atoms with van der Waals surface area (Å²) in [6, 6.07) is 8.70. The van der Waals surface area contributed by atoms with Gasteiger partial charge >= 0.3 is 0 Å². The second-order valence-corrected chi connectivity index (χ2v) is 5.65. The van der Waals surface area contributed by atoms with Crippen LogP contribution >= 0.6 is 11.3 Å². The molecule has 0 bridgehead atoms. The van der Waals surface area contributed by atoms with Gasteiger partial charge in [-0.2, -0.15) is 0 Å². The predicted octanol–water partition coefficient (Wildman–Crippen LogP) is 2.58. The number of rotatable bonds is 3. The first kappa shape index (κ1) is 13.6. The van der Waals surface area contributed by atoms with E-state index in [0.717, 1.165) is 5.56 Å². The highest BCUT2D eigenvalue weighted by molar-refractivity contribution is 7.18. The van der Waals surface area contributed by atoms with Gasteiger partial charge in [-0.25, -0.2) is 0 Å². The third-order valence-electron chi connectivity index (χ3n) is 3.21. The molecule has 23 heavy (non-hydrogen) atoms. The number of carbonyl (C=O) groups is 1. The first-order valence-corrected chi connectivity index (χ1v) is 7.56. The molecule has 0 saturated carbocycles. The molecule has 7 nitrogen and oxygen atoms in total. The van der Waals surface area contributed by atoms with Crippen LogP contribution in [-0.4, -0.2) is 27.9 Å². The Hall–Kier alpha value is -3.00. The van der Waals surface area contributed by atoms with E-state index in [1.165, 1.54) is 11.3 Å². The molecule has 8 heteroatoms. The van der Waals surface area contributed by atoms with Crippen molar-refractivity contribution in [3.8, 4) is 22.1 Å². The van der Waals surface area contributed by atoms with E-state index in [-0.39, 0.29) is 12.7 Å². The lowest BCUT2D eigenvalue weighted by Crippen LogP contribution is -2.11. The molecule has 1 amide bonds. The molecule has 3 aromatic rings. The number of carbonyl (C=O) groups excluding carboxylic acids is 1. The molecule has 0 radical (unpaired) electrons. The predicted molar refractivity (Wildman–Crippen MR) is 83.7 cm³/mol. The van der Waals surface area contributed by atoms with Gasteiger partial charge in [-0.1, -0.05) is 11.3 Å². The average Bonchev–Trinajstić information content (AvgIpc) is 3.24. The Balaban J connectivity index is 1.52. The summed E-state index contributed by atoms with van der Waals surface area (Å²) in [5.41, 5.74) is 1.37. The summed E-state index contributed by atoms with van der Waals surface area (Å²) < 4.78 is 10.5. The lowest BCUT2D eigenvalue weighted by Gasteiger charge is -2.02. The minimum atomic E-state index is -0.277. The molecule has 1 aliphatic rings. The Bertz CT molecular complexity index is 866. The van der Waals surface area contributed by atoms with E-state index >= 15 is 0 Å². The quantitative estimate of drug-likeness (QED) is 0.796. The summed E-state index contributed by atoms with van der Waals surface area (Å²) in [6.07, 6.45) is 3.36. The molecule has 1 N–H and O–H groups in total. The molecule has 0 saturated heterocycles. The molecular weight excluding hydrogens is 316 g/mol. The van der Waals surface area contributed by atoms with Crippen molar-refractivity contribution in [1.82, 2.24) is 15.2 Å². The zero-order valence-corrected chi connectivity index (χ0v) is 12.5. The number of fused-ring (bicyclic) bond motifs is 1. The Morgan fingerprint density at radius 2 is 1.91 bits per heavy atom. The molecule has 114 valence electrons. The van der Waals surface area contributed by atoms with E-state index < -0.39 is 0 Å². The fourth-order valence-corrected chi connectivity index (χ4v) is 2.84. The number of pyridine rings is 1. The number of nitrogens with zero attached hydrogens (tertiary/aromatic N) is 3. The standard InChI is InChI=1S/C15H10N4O3S/c20-13(10-1-2-11-12(7-10)22-8-21-11)17-15-19-18-14(23-15)9-3-5-16-6-4-9/h1-7H,8H2,(H,17,19,20). The first-order valence-electron chi connectivity index (χ1n) is 6.74. The van der Waals surface area contributed by atoms with Crippen molar-refractivity contribution in [2.24, 2.45) is 0 Å².